The molecule has 1 atom stereocenters. The lowest BCUT2D eigenvalue weighted by Gasteiger charge is -2.27. The molecule has 1 aromatic heterocycles. The first-order valence-corrected chi connectivity index (χ1v) is 6.40. The number of rotatable bonds is 3. The SMILES string of the molecule is CC1=C(C(N)=O)[C@H](c2cccc([N+](=O)[O-])c2)n2ncnc2N1. The first-order valence-electron chi connectivity index (χ1n) is 6.40. The van der Waals surface area contributed by atoms with Gasteiger partial charge in [-0.1, -0.05) is 12.1 Å². The van der Waals surface area contributed by atoms with Crippen LogP contribution in [-0.4, -0.2) is 25.6 Å². The van der Waals surface area contributed by atoms with Crippen LogP contribution in [0.2, 0.25) is 0 Å². The molecule has 0 saturated carbocycles. The number of hydrogen-bond donors (Lipinski definition) is 2. The van der Waals surface area contributed by atoms with E-state index >= 15 is 0 Å². The Morgan fingerprint density at radius 1 is 1.50 bits per heavy atom. The molecule has 0 radical (unpaired) electrons. The second-order valence-corrected chi connectivity index (χ2v) is 4.81. The zero-order valence-corrected chi connectivity index (χ0v) is 11.6. The largest absolute Gasteiger partial charge is 0.366 e. The van der Waals surface area contributed by atoms with Crippen LogP contribution in [0.5, 0.6) is 0 Å². The topological polar surface area (TPSA) is 129 Å². The van der Waals surface area contributed by atoms with Crippen molar-refractivity contribution in [1.82, 2.24) is 14.8 Å². The fourth-order valence-electron chi connectivity index (χ4n) is 2.53. The van der Waals surface area contributed by atoms with E-state index < -0.39 is 16.9 Å². The van der Waals surface area contributed by atoms with Gasteiger partial charge in [0.25, 0.3) is 5.69 Å². The fourth-order valence-corrected chi connectivity index (χ4v) is 2.53. The van der Waals surface area contributed by atoms with Crippen molar-refractivity contribution < 1.29 is 9.72 Å². The zero-order valence-electron chi connectivity index (χ0n) is 11.6. The summed E-state index contributed by atoms with van der Waals surface area (Å²) in [4.78, 5) is 26.4. The van der Waals surface area contributed by atoms with E-state index in [9.17, 15) is 14.9 Å². The van der Waals surface area contributed by atoms with E-state index in [0.29, 0.717) is 22.8 Å². The highest BCUT2D eigenvalue weighted by Crippen LogP contribution is 2.35. The summed E-state index contributed by atoms with van der Waals surface area (Å²) in [5, 5.41) is 18.0. The molecule has 2 heterocycles. The maximum Gasteiger partial charge on any atom is 0.269 e. The van der Waals surface area contributed by atoms with Gasteiger partial charge in [-0.2, -0.15) is 10.1 Å². The molecule has 0 saturated heterocycles. The minimum absolute atomic E-state index is 0.0702. The number of allylic oxidation sites excluding steroid dienone is 1. The number of nitrogens with zero attached hydrogens (tertiary/aromatic N) is 4. The molecule has 9 heteroatoms. The molecule has 2 aromatic rings. The third-order valence-electron chi connectivity index (χ3n) is 3.46. The van der Waals surface area contributed by atoms with Crippen LogP contribution >= 0.6 is 0 Å². The highest BCUT2D eigenvalue weighted by molar-refractivity contribution is 5.95. The Kier molecular flexibility index (Phi) is 3.09. The van der Waals surface area contributed by atoms with E-state index in [0.717, 1.165) is 0 Å². The van der Waals surface area contributed by atoms with Gasteiger partial charge < -0.3 is 11.1 Å². The van der Waals surface area contributed by atoms with Crippen molar-refractivity contribution in [1.29, 1.82) is 0 Å². The number of anilines is 1. The molecule has 22 heavy (non-hydrogen) atoms. The molecule has 0 fully saturated rings. The van der Waals surface area contributed by atoms with Gasteiger partial charge in [-0.05, 0) is 12.5 Å². The van der Waals surface area contributed by atoms with Crippen LogP contribution in [0.1, 0.15) is 18.5 Å². The van der Waals surface area contributed by atoms with E-state index in [2.05, 4.69) is 15.4 Å². The Morgan fingerprint density at radius 3 is 2.95 bits per heavy atom. The van der Waals surface area contributed by atoms with E-state index in [1.54, 1.807) is 19.1 Å². The van der Waals surface area contributed by atoms with E-state index in [-0.39, 0.29) is 5.69 Å². The normalized spacial score (nSPS) is 16.9. The van der Waals surface area contributed by atoms with Crippen molar-refractivity contribution >= 4 is 17.5 Å². The summed E-state index contributed by atoms with van der Waals surface area (Å²) in [7, 11) is 0. The lowest BCUT2D eigenvalue weighted by Crippen LogP contribution is -2.31. The van der Waals surface area contributed by atoms with E-state index in [1.807, 2.05) is 0 Å². The predicted octanol–water partition coefficient (Wildman–Crippen LogP) is 0.960. The predicted molar refractivity (Wildman–Crippen MR) is 76.8 cm³/mol. The molecule has 1 aliphatic rings. The summed E-state index contributed by atoms with van der Waals surface area (Å²) in [6.07, 6.45) is 1.34. The maximum absolute atomic E-state index is 11.8. The van der Waals surface area contributed by atoms with Crippen molar-refractivity contribution in [2.45, 2.75) is 13.0 Å². The standard InChI is InChI=1S/C13H12N6O3/c1-7-10(12(14)20)11(18-13(17-7)15-6-16-18)8-3-2-4-9(5-8)19(21)22/h2-6,11H,1H3,(H2,14,20)(H,15,16,17)/t11-/m0/s1. The van der Waals surface area contributed by atoms with Gasteiger partial charge in [0.05, 0.1) is 10.5 Å². The molecule has 112 valence electrons. The van der Waals surface area contributed by atoms with Crippen LogP contribution in [0, 0.1) is 10.1 Å². The Bertz CT molecular complexity index is 810. The first-order chi connectivity index (χ1) is 10.5. The number of carbonyl (C=O) groups excluding carboxylic acids is 1. The van der Waals surface area contributed by atoms with Crippen LogP contribution < -0.4 is 11.1 Å². The lowest BCUT2D eigenvalue weighted by atomic mass is 9.95. The monoisotopic (exact) mass is 300 g/mol. The number of nitro benzene ring substituents is 1. The Hall–Kier alpha value is -3.23. The number of nitrogens with one attached hydrogen (secondary N) is 1. The minimum Gasteiger partial charge on any atom is -0.366 e. The van der Waals surface area contributed by atoms with Crippen LogP contribution in [0.25, 0.3) is 0 Å². The number of carbonyl (C=O) groups is 1. The molecule has 0 aliphatic carbocycles. The van der Waals surface area contributed by atoms with Crippen molar-refractivity contribution in [3.8, 4) is 0 Å². The third kappa shape index (κ3) is 2.08. The average molecular weight is 300 g/mol. The number of hydrogen-bond acceptors (Lipinski definition) is 6. The number of non-ortho nitro benzene ring substituents is 1. The molecule has 3 rings (SSSR count). The van der Waals surface area contributed by atoms with Gasteiger partial charge in [0.1, 0.15) is 12.4 Å². The summed E-state index contributed by atoms with van der Waals surface area (Å²) < 4.78 is 1.48. The average Bonchev–Trinajstić information content (AvgIpc) is 2.93. The summed E-state index contributed by atoms with van der Waals surface area (Å²) in [6.45, 7) is 1.70. The zero-order chi connectivity index (χ0) is 15.9. The highest BCUT2D eigenvalue weighted by atomic mass is 16.6. The van der Waals surface area contributed by atoms with E-state index in [4.69, 9.17) is 5.73 Å². The molecular formula is C13H12N6O3. The first kappa shape index (κ1) is 13.7. The van der Waals surface area contributed by atoms with Gasteiger partial charge in [0, 0.05) is 17.8 Å². The molecule has 9 nitrogen and oxygen atoms in total. The van der Waals surface area contributed by atoms with Crippen LogP contribution in [0.3, 0.4) is 0 Å². The van der Waals surface area contributed by atoms with Crippen molar-refractivity contribution in [3.63, 3.8) is 0 Å². The second-order valence-electron chi connectivity index (χ2n) is 4.81. The van der Waals surface area contributed by atoms with Gasteiger partial charge in [-0.15, -0.1) is 0 Å². The lowest BCUT2D eigenvalue weighted by molar-refractivity contribution is -0.384. The van der Waals surface area contributed by atoms with Crippen LogP contribution in [0.4, 0.5) is 11.6 Å². The number of nitrogens with two attached hydrogens (primary N) is 1. The summed E-state index contributed by atoms with van der Waals surface area (Å²) in [5.74, 6) is -0.179. The van der Waals surface area contributed by atoms with Gasteiger partial charge in [0.15, 0.2) is 0 Å². The smallest absolute Gasteiger partial charge is 0.269 e. The van der Waals surface area contributed by atoms with Crippen molar-refractivity contribution in [2.75, 3.05) is 5.32 Å². The molecule has 0 spiro atoms. The summed E-state index contributed by atoms with van der Waals surface area (Å²) in [6, 6.07) is 5.37. The number of amides is 1. The minimum atomic E-state index is -0.656. The molecule has 3 N–H and O–H groups in total. The van der Waals surface area contributed by atoms with Gasteiger partial charge in [-0.3, -0.25) is 14.9 Å². The molecule has 1 aliphatic heterocycles. The Labute approximate surface area is 124 Å². The third-order valence-corrected chi connectivity index (χ3v) is 3.46. The number of benzene rings is 1. The molecule has 1 amide bonds. The summed E-state index contributed by atoms with van der Waals surface area (Å²) in [5.41, 5.74) is 6.78. The molecular weight excluding hydrogens is 288 g/mol. The molecule has 0 unspecified atom stereocenters. The number of fused-ring (bicyclic) bond motifs is 1. The number of aromatic nitrogens is 3. The van der Waals surface area contributed by atoms with Crippen LogP contribution in [-0.2, 0) is 4.79 Å². The quantitative estimate of drug-likeness (QED) is 0.641. The molecule has 0 bridgehead atoms. The second kappa shape index (κ2) is 4.95. The number of primary amides is 1. The van der Waals surface area contributed by atoms with Crippen molar-refractivity contribution in [3.05, 3.63) is 57.5 Å². The van der Waals surface area contributed by atoms with Crippen molar-refractivity contribution in [2.24, 2.45) is 5.73 Å². The Morgan fingerprint density at radius 2 is 2.27 bits per heavy atom. The van der Waals surface area contributed by atoms with E-state index in [1.165, 1.54) is 23.1 Å². The maximum atomic E-state index is 11.8. The van der Waals surface area contributed by atoms with Gasteiger partial charge in [0.2, 0.25) is 11.9 Å². The van der Waals surface area contributed by atoms with Gasteiger partial charge >= 0.3 is 0 Å². The fraction of sp³-hybridized carbons (Fsp3) is 0.154. The Balaban J connectivity index is 2.20. The van der Waals surface area contributed by atoms with Crippen LogP contribution in [0.15, 0.2) is 41.9 Å². The molecule has 1 aromatic carbocycles. The van der Waals surface area contributed by atoms with Gasteiger partial charge in [-0.25, -0.2) is 4.68 Å². The highest BCUT2D eigenvalue weighted by Gasteiger charge is 2.32. The number of nitro groups is 1. The summed E-state index contributed by atoms with van der Waals surface area (Å²) >= 11 is 0.